The van der Waals surface area contributed by atoms with Crippen LogP contribution in [0.4, 0.5) is 4.39 Å². The molecule has 2 unspecified atom stereocenters. The Morgan fingerprint density at radius 1 is 1.50 bits per heavy atom. The van der Waals surface area contributed by atoms with Gasteiger partial charge in [-0.15, -0.1) is 0 Å². The first kappa shape index (κ1) is 13.0. The molecule has 98 valence electrons. The number of carbonyl (C=O) groups is 1. The molecule has 1 saturated heterocycles. The number of aryl methyl sites for hydroxylation is 1. The molecule has 2 rings (SSSR count). The summed E-state index contributed by atoms with van der Waals surface area (Å²) < 4.78 is 13.9. The van der Waals surface area contributed by atoms with Crippen molar-refractivity contribution in [3.8, 4) is 0 Å². The Labute approximate surface area is 107 Å². The van der Waals surface area contributed by atoms with Crippen LogP contribution in [0.3, 0.4) is 0 Å². The van der Waals surface area contributed by atoms with Crippen molar-refractivity contribution in [3.63, 3.8) is 0 Å². The van der Waals surface area contributed by atoms with E-state index in [2.05, 4.69) is 0 Å². The van der Waals surface area contributed by atoms with Crippen molar-refractivity contribution < 1.29 is 9.18 Å². The summed E-state index contributed by atoms with van der Waals surface area (Å²) in [6, 6.07) is 5.15. The monoisotopic (exact) mass is 250 g/mol. The van der Waals surface area contributed by atoms with Crippen molar-refractivity contribution in [3.05, 3.63) is 35.1 Å². The van der Waals surface area contributed by atoms with Crippen LogP contribution >= 0.6 is 0 Å². The Morgan fingerprint density at radius 2 is 2.22 bits per heavy atom. The van der Waals surface area contributed by atoms with Crippen LogP contribution in [0.15, 0.2) is 18.2 Å². The molecule has 3 nitrogen and oxygen atoms in total. The van der Waals surface area contributed by atoms with Crippen LogP contribution in [0.2, 0.25) is 0 Å². The zero-order valence-corrected chi connectivity index (χ0v) is 10.8. The number of benzene rings is 1. The molecule has 4 heteroatoms. The number of rotatable bonds is 1. The first-order valence-corrected chi connectivity index (χ1v) is 6.32. The Balaban J connectivity index is 2.23. The van der Waals surface area contributed by atoms with E-state index in [-0.39, 0.29) is 23.6 Å². The van der Waals surface area contributed by atoms with Gasteiger partial charge in [0, 0.05) is 18.6 Å². The third-order valence-corrected chi connectivity index (χ3v) is 3.60. The zero-order valence-electron chi connectivity index (χ0n) is 10.8. The molecule has 2 atom stereocenters. The third kappa shape index (κ3) is 2.38. The standard InChI is InChI=1S/C14H19FN2O/c1-9-4-3-5-12(13(9)15)14(18)17-7-6-11(16)8-10(17)2/h3-5,10-11H,6-8,16H2,1-2H3. The van der Waals surface area contributed by atoms with E-state index < -0.39 is 5.82 Å². The number of nitrogens with two attached hydrogens (primary N) is 1. The molecule has 0 radical (unpaired) electrons. The van der Waals surface area contributed by atoms with E-state index in [4.69, 9.17) is 5.73 Å². The van der Waals surface area contributed by atoms with Gasteiger partial charge in [-0.25, -0.2) is 4.39 Å². The fraction of sp³-hybridized carbons (Fsp3) is 0.500. The lowest BCUT2D eigenvalue weighted by Crippen LogP contribution is -2.48. The number of likely N-dealkylation sites (tertiary alicyclic amines) is 1. The number of piperidine rings is 1. The van der Waals surface area contributed by atoms with E-state index in [1.54, 1.807) is 30.0 Å². The van der Waals surface area contributed by atoms with Gasteiger partial charge in [0.1, 0.15) is 5.82 Å². The highest BCUT2D eigenvalue weighted by Crippen LogP contribution is 2.21. The molecule has 18 heavy (non-hydrogen) atoms. The molecule has 0 aromatic heterocycles. The summed E-state index contributed by atoms with van der Waals surface area (Å²) in [5, 5.41) is 0. The Kier molecular flexibility index (Phi) is 3.66. The second-order valence-corrected chi connectivity index (χ2v) is 5.07. The summed E-state index contributed by atoms with van der Waals surface area (Å²) in [6.45, 7) is 4.24. The fourth-order valence-corrected chi connectivity index (χ4v) is 2.48. The molecule has 2 N–H and O–H groups in total. The van der Waals surface area contributed by atoms with Crippen molar-refractivity contribution in [2.24, 2.45) is 5.73 Å². The summed E-state index contributed by atoms with van der Waals surface area (Å²) in [5.74, 6) is -0.639. The second kappa shape index (κ2) is 5.06. The van der Waals surface area contributed by atoms with E-state index >= 15 is 0 Å². The average molecular weight is 250 g/mol. The van der Waals surface area contributed by atoms with E-state index in [1.807, 2.05) is 6.92 Å². The minimum absolute atomic E-state index is 0.0705. The first-order valence-electron chi connectivity index (χ1n) is 6.32. The SMILES string of the molecule is Cc1cccc(C(=O)N2CCC(N)CC2C)c1F. The van der Waals surface area contributed by atoms with Gasteiger partial charge in [-0.05, 0) is 38.3 Å². The fourth-order valence-electron chi connectivity index (χ4n) is 2.48. The van der Waals surface area contributed by atoms with Gasteiger partial charge in [0.05, 0.1) is 5.56 Å². The molecule has 1 aromatic rings. The van der Waals surface area contributed by atoms with Gasteiger partial charge in [0.2, 0.25) is 0 Å². The minimum Gasteiger partial charge on any atom is -0.336 e. The zero-order chi connectivity index (χ0) is 13.3. The maximum atomic E-state index is 13.9. The van der Waals surface area contributed by atoms with E-state index in [0.29, 0.717) is 12.1 Å². The molecule has 0 aliphatic carbocycles. The van der Waals surface area contributed by atoms with Crippen molar-refractivity contribution in [1.82, 2.24) is 4.90 Å². The predicted molar refractivity (Wildman–Crippen MR) is 68.8 cm³/mol. The highest BCUT2D eigenvalue weighted by atomic mass is 19.1. The van der Waals surface area contributed by atoms with Gasteiger partial charge in [-0.3, -0.25) is 4.79 Å². The maximum Gasteiger partial charge on any atom is 0.257 e. The summed E-state index contributed by atoms with van der Waals surface area (Å²) in [5.41, 5.74) is 6.53. The number of hydrogen-bond donors (Lipinski definition) is 1. The summed E-state index contributed by atoms with van der Waals surface area (Å²) in [4.78, 5) is 14.1. The van der Waals surface area contributed by atoms with Crippen molar-refractivity contribution in [2.75, 3.05) is 6.54 Å². The molecular weight excluding hydrogens is 231 g/mol. The normalized spacial score (nSPS) is 24.1. The van der Waals surface area contributed by atoms with Crippen LogP contribution in [0.5, 0.6) is 0 Å². The molecule has 0 spiro atoms. The second-order valence-electron chi connectivity index (χ2n) is 5.07. The molecule has 1 aliphatic heterocycles. The minimum atomic E-state index is -0.412. The first-order chi connectivity index (χ1) is 8.50. The third-order valence-electron chi connectivity index (χ3n) is 3.60. The molecule has 1 aliphatic rings. The smallest absolute Gasteiger partial charge is 0.257 e. The number of halogens is 1. The molecule has 1 amide bonds. The van der Waals surface area contributed by atoms with Crippen LogP contribution in [-0.2, 0) is 0 Å². The maximum absolute atomic E-state index is 13.9. The Morgan fingerprint density at radius 3 is 2.89 bits per heavy atom. The van der Waals surface area contributed by atoms with Crippen LogP contribution in [-0.4, -0.2) is 29.4 Å². The number of hydrogen-bond acceptors (Lipinski definition) is 2. The van der Waals surface area contributed by atoms with Crippen molar-refractivity contribution in [2.45, 2.75) is 38.8 Å². The lowest BCUT2D eigenvalue weighted by molar-refractivity contribution is 0.0614. The van der Waals surface area contributed by atoms with Gasteiger partial charge in [0.25, 0.3) is 5.91 Å². The molecule has 1 aromatic carbocycles. The summed E-state index contributed by atoms with van der Waals surface area (Å²) in [7, 11) is 0. The van der Waals surface area contributed by atoms with Crippen LogP contribution in [0.25, 0.3) is 0 Å². The van der Waals surface area contributed by atoms with Crippen LogP contribution in [0.1, 0.15) is 35.7 Å². The number of carbonyl (C=O) groups excluding carboxylic acids is 1. The molecule has 1 fully saturated rings. The Bertz CT molecular complexity index is 461. The predicted octanol–water partition coefficient (Wildman–Crippen LogP) is 2.09. The number of amides is 1. The summed E-state index contributed by atoms with van der Waals surface area (Å²) >= 11 is 0. The molecular formula is C14H19FN2O. The topological polar surface area (TPSA) is 46.3 Å². The van der Waals surface area contributed by atoms with E-state index in [0.717, 1.165) is 12.8 Å². The largest absolute Gasteiger partial charge is 0.336 e. The van der Waals surface area contributed by atoms with Crippen LogP contribution < -0.4 is 5.73 Å². The van der Waals surface area contributed by atoms with E-state index in [9.17, 15) is 9.18 Å². The van der Waals surface area contributed by atoms with Gasteiger partial charge >= 0.3 is 0 Å². The van der Waals surface area contributed by atoms with Gasteiger partial charge in [-0.1, -0.05) is 12.1 Å². The average Bonchev–Trinajstić information content (AvgIpc) is 2.32. The molecule has 1 heterocycles. The van der Waals surface area contributed by atoms with Gasteiger partial charge in [0.15, 0.2) is 0 Å². The van der Waals surface area contributed by atoms with E-state index in [1.165, 1.54) is 0 Å². The highest BCUT2D eigenvalue weighted by molar-refractivity contribution is 5.95. The lowest BCUT2D eigenvalue weighted by Gasteiger charge is -2.36. The lowest BCUT2D eigenvalue weighted by atomic mass is 9.98. The molecule has 0 bridgehead atoms. The Hall–Kier alpha value is -1.42. The number of nitrogens with zero attached hydrogens (tertiary/aromatic N) is 1. The van der Waals surface area contributed by atoms with Crippen molar-refractivity contribution in [1.29, 1.82) is 0 Å². The quantitative estimate of drug-likeness (QED) is 0.829. The molecule has 0 saturated carbocycles. The van der Waals surface area contributed by atoms with Gasteiger partial charge in [-0.2, -0.15) is 0 Å². The highest BCUT2D eigenvalue weighted by Gasteiger charge is 2.29. The summed E-state index contributed by atoms with van der Waals surface area (Å²) in [6.07, 6.45) is 1.56. The van der Waals surface area contributed by atoms with Gasteiger partial charge < -0.3 is 10.6 Å². The van der Waals surface area contributed by atoms with Crippen LogP contribution in [0, 0.1) is 12.7 Å². The van der Waals surface area contributed by atoms with Crippen molar-refractivity contribution >= 4 is 5.91 Å².